The Bertz CT molecular complexity index is 472. The predicted octanol–water partition coefficient (Wildman–Crippen LogP) is 0.998. The molecule has 1 rings (SSSR count). The van der Waals surface area contributed by atoms with Crippen molar-refractivity contribution in [1.29, 1.82) is 0 Å². The van der Waals surface area contributed by atoms with Crippen LogP contribution in [0.3, 0.4) is 0 Å². The van der Waals surface area contributed by atoms with Gasteiger partial charge in [0.25, 0.3) is 5.24 Å². The van der Waals surface area contributed by atoms with E-state index in [2.05, 4.69) is 4.90 Å². The Hall–Kier alpha value is -1.32. The second-order valence-electron chi connectivity index (χ2n) is 6.66. The first-order chi connectivity index (χ1) is 12.9. The van der Waals surface area contributed by atoms with Gasteiger partial charge in [-0.15, -0.1) is 0 Å². The molecule has 8 nitrogen and oxygen atoms in total. The zero-order chi connectivity index (χ0) is 20.1. The first-order valence-corrected chi connectivity index (χ1v) is 10.7. The summed E-state index contributed by atoms with van der Waals surface area (Å²) in [5, 5.41) is -0.351. The highest BCUT2D eigenvalue weighted by Gasteiger charge is 2.18. The van der Waals surface area contributed by atoms with Crippen molar-refractivity contribution in [2.24, 2.45) is 5.73 Å². The molecule has 0 bridgehead atoms. The van der Waals surface area contributed by atoms with E-state index in [9.17, 15) is 14.4 Å². The molecule has 0 radical (unpaired) electrons. The lowest BCUT2D eigenvalue weighted by Gasteiger charge is -2.29. The lowest BCUT2D eigenvalue weighted by molar-refractivity contribution is -0.135. The molecule has 0 aliphatic carbocycles. The molecule has 9 heteroatoms. The van der Waals surface area contributed by atoms with Crippen LogP contribution in [0.4, 0.5) is 4.79 Å². The van der Waals surface area contributed by atoms with E-state index >= 15 is 0 Å². The van der Waals surface area contributed by atoms with Crippen molar-refractivity contribution in [2.45, 2.75) is 32.6 Å². The van der Waals surface area contributed by atoms with Crippen LogP contribution in [0.1, 0.15) is 32.6 Å². The molecular weight excluding hydrogens is 368 g/mol. The van der Waals surface area contributed by atoms with Crippen LogP contribution in [0.15, 0.2) is 0 Å². The minimum Gasteiger partial charge on any atom is -0.379 e. The highest BCUT2D eigenvalue weighted by atomic mass is 32.2. The molecule has 0 saturated carbocycles. The smallest absolute Gasteiger partial charge is 0.276 e. The van der Waals surface area contributed by atoms with Crippen LogP contribution in [0.2, 0.25) is 0 Å². The molecule has 0 aromatic carbocycles. The summed E-state index contributed by atoms with van der Waals surface area (Å²) >= 11 is 1.12. The van der Waals surface area contributed by atoms with Gasteiger partial charge in [-0.1, -0.05) is 18.2 Å². The number of rotatable bonds is 12. The van der Waals surface area contributed by atoms with Crippen molar-refractivity contribution < 1.29 is 19.1 Å². The summed E-state index contributed by atoms with van der Waals surface area (Å²) in [7, 11) is 1.79. The molecule has 0 atom stereocenters. The molecule has 1 aliphatic heterocycles. The van der Waals surface area contributed by atoms with Crippen molar-refractivity contribution in [2.75, 3.05) is 65.3 Å². The average Bonchev–Trinajstić information content (AvgIpc) is 2.65. The van der Waals surface area contributed by atoms with Crippen LogP contribution in [0.5, 0.6) is 0 Å². The minimum atomic E-state index is -0.351. The van der Waals surface area contributed by atoms with Gasteiger partial charge in [0, 0.05) is 51.9 Å². The standard InChI is InChI=1S/C18H34N4O4S/c1-3-22(16(23)7-5-4-6-14-27-18(19)25)9-8-20(2)17(24)15-21-10-12-26-13-11-21/h3-15H2,1-2H3,(H2,19,25). The van der Waals surface area contributed by atoms with Crippen LogP contribution >= 0.6 is 11.8 Å². The molecule has 1 aliphatic rings. The van der Waals surface area contributed by atoms with Gasteiger partial charge >= 0.3 is 0 Å². The lowest BCUT2D eigenvalue weighted by atomic mass is 10.2. The third kappa shape index (κ3) is 10.6. The number of hydrogen-bond acceptors (Lipinski definition) is 6. The Kier molecular flexibility index (Phi) is 12.1. The molecule has 1 fully saturated rings. The molecule has 0 aromatic heterocycles. The summed E-state index contributed by atoms with van der Waals surface area (Å²) in [6, 6.07) is 0. The van der Waals surface area contributed by atoms with Gasteiger partial charge in [0.2, 0.25) is 11.8 Å². The second-order valence-corrected chi connectivity index (χ2v) is 7.75. The third-order valence-electron chi connectivity index (χ3n) is 4.61. The van der Waals surface area contributed by atoms with Crippen molar-refractivity contribution >= 4 is 28.8 Å². The molecular formula is C18H34N4O4S. The van der Waals surface area contributed by atoms with Crippen LogP contribution in [0.25, 0.3) is 0 Å². The quantitative estimate of drug-likeness (QED) is 0.489. The Morgan fingerprint density at radius 3 is 2.41 bits per heavy atom. The Balaban J connectivity index is 2.21. The Morgan fingerprint density at radius 2 is 1.78 bits per heavy atom. The van der Waals surface area contributed by atoms with E-state index in [-0.39, 0.29) is 17.1 Å². The number of thioether (sulfide) groups is 1. The van der Waals surface area contributed by atoms with Crippen LogP contribution in [-0.4, -0.2) is 97.0 Å². The summed E-state index contributed by atoms with van der Waals surface area (Å²) in [6.07, 6.45) is 3.09. The maximum Gasteiger partial charge on any atom is 0.276 e. The summed E-state index contributed by atoms with van der Waals surface area (Å²) in [4.78, 5) is 40.9. The van der Waals surface area contributed by atoms with Gasteiger partial charge in [0.05, 0.1) is 19.8 Å². The number of ether oxygens (including phenoxy) is 1. The highest BCUT2D eigenvalue weighted by Crippen LogP contribution is 2.09. The SMILES string of the molecule is CCN(CCN(C)C(=O)CN1CCOCC1)C(=O)CCCCCSC(N)=O. The summed E-state index contributed by atoms with van der Waals surface area (Å²) < 4.78 is 5.29. The molecule has 3 amide bonds. The fraction of sp³-hybridized carbons (Fsp3) is 0.833. The molecule has 0 aromatic rings. The molecule has 27 heavy (non-hydrogen) atoms. The number of nitrogens with zero attached hydrogens (tertiary/aromatic N) is 3. The number of unbranched alkanes of at least 4 members (excludes halogenated alkanes) is 2. The highest BCUT2D eigenvalue weighted by molar-refractivity contribution is 8.13. The van der Waals surface area contributed by atoms with Crippen LogP contribution < -0.4 is 5.73 Å². The second kappa shape index (κ2) is 13.8. The van der Waals surface area contributed by atoms with Gasteiger partial charge in [0.15, 0.2) is 0 Å². The van der Waals surface area contributed by atoms with Crippen molar-refractivity contribution in [3.05, 3.63) is 0 Å². The number of hydrogen-bond donors (Lipinski definition) is 1. The average molecular weight is 403 g/mol. The van der Waals surface area contributed by atoms with Gasteiger partial charge in [-0.3, -0.25) is 19.3 Å². The molecule has 0 unspecified atom stereocenters. The molecule has 1 heterocycles. The van der Waals surface area contributed by atoms with Crippen molar-refractivity contribution in [3.8, 4) is 0 Å². The topological polar surface area (TPSA) is 96.2 Å². The van der Waals surface area contributed by atoms with Gasteiger partial charge in [-0.05, 0) is 19.8 Å². The Morgan fingerprint density at radius 1 is 1.07 bits per heavy atom. The van der Waals surface area contributed by atoms with E-state index in [0.717, 1.165) is 44.1 Å². The number of likely N-dealkylation sites (N-methyl/N-ethyl adjacent to an activating group) is 2. The molecule has 0 spiro atoms. The maximum absolute atomic E-state index is 12.3. The van der Waals surface area contributed by atoms with Gasteiger partial charge in [-0.2, -0.15) is 0 Å². The number of nitrogens with two attached hydrogens (primary N) is 1. The largest absolute Gasteiger partial charge is 0.379 e. The number of morpholine rings is 1. The van der Waals surface area contributed by atoms with E-state index in [0.29, 0.717) is 51.6 Å². The zero-order valence-electron chi connectivity index (χ0n) is 16.7. The van der Waals surface area contributed by atoms with E-state index in [1.807, 2.05) is 6.92 Å². The lowest BCUT2D eigenvalue weighted by Crippen LogP contribution is -2.45. The van der Waals surface area contributed by atoms with E-state index < -0.39 is 0 Å². The fourth-order valence-electron chi connectivity index (χ4n) is 2.81. The maximum atomic E-state index is 12.3. The fourth-order valence-corrected chi connectivity index (χ4v) is 3.36. The number of carbonyl (C=O) groups is 3. The van der Waals surface area contributed by atoms with E-state index in [4.69, 9.17) is 10.5 Å². The van der Waals surface area contributed by atoms with Crippen molar-refractivity contribution in [3.63, 3.8) is 0 Å². The normalized spacial score (nSPS) is 14.7. The monoisotopic (exact) mass is 402 g/mol. The molecule has 2 N–H and O–H groups in total. The van der Waals surface area contributed by atoms with E-state index in [1.165, 1.54) is 0 Å². The zero-order valence-corrected chi connectivity index (χ0v) is 17.5. The van der Waals surface area contributed by atoms with Gasteiger partial charge in [-0.25, -0.2) is 0 Å². The Labute approximate surface area is 166 Å². The van der Waals surface area contributed by atoms with Crippen molar-refractivity contribution in [1.82, 2.24) is 14.7 Å². The van der Waals surface area contributed by atoms with Gasteiger partial charge < -0.3 is 20.3 Å². The number of carbonyl (C=O) groups excluding carboxylic acids is 3. The van der Waals surface area contributed by atoms with Gasteiger partial charge in [0.1, 0.15) is 0 Å². The summed E-state index contributed by atoms with van der Waals surface area (Å²) in [5.41, 5.74) is 5.07. The molecule has 1 saturated heterocycles. The van der Waals surface area contributed by atoms with Crippen LogP contribution in [0, 0.1) is 0 Å². The third-order valence-corrected chi connectivity index (χ3v) is 5.38. The first kappa shape index (κ1) is 23.7. The van der Waals surface area contributed by atoms with Crippen LogP contribution in [-0.2, 0) is 14.3 Å². The molecule has 156 valence electrons. The number of amides is 3. The first-order valence-electron chi connectivity index (χ1n) is 9.68. The summed E-state index contributed by atoms with van der Waals surface area (Å²) in [6.45, 7) is 7.03. The number of primary amides is 1. The predicted molar refractivity (Wildman–Crippen MR) is 108 cm³/mol. The van der Waals surface area contributed by atoms with E-state index in [1.54, 1.807) is 16.8 Å². The minimum absolute atomic E-state index is 0.0763. The summed E-state index contributed by atoms with van der Waals surface area (Å²) in [5.74, 6) is 0.901.